The Labute approximate surface area is 123 Å². The highest BCUT2D eigenvalue weighted by Gasteiger charge is 2.49. The Morgan fingerprint density at radius 2 is 1.80 bits per heavy atom. The molecule has 2 saturated heterocycles. The van der Waals surface area contributed by atoms with Crippen molar-refractivity contribution in [1.29, 1.82) is 0 Å². The molecule has 2 aliphatic heterocycles. The molecule has 0 aromatic rings. The lowest BCUT2D eigenvalue weighted by atomic mass is 9.70. The zero-order chi connectivity index (χ0) is 14.2. The molecule has 3 unspecified atom stereocenters. The average Bonchev–Trinajstić information content (AvgIpc) is 2.87. The SMILES string of the molecule is CC(C)C1CC(O)(C2CCOC3(CCCC3)C2)CCO1. The number of ether oxygens (including phenoxy) is 2. The maximum Gasteiger partial charge on any atom is 0.0724 e. The van der Waals surface area contributed by atoms with Crippen LogP contribution in [0.3, 0.4) is 0 Å². The Hall–Kier alpha value is -0.120. The molecule has 1 N–H and O–H groups in total. The summed E-state index contributed by atoms with van der Waals surface area (Å²) < 4.78 is 12.0. The minimum Gasteiger partial charge on any atom is -0.389 e. The summed E-state index contributed by atoms with van der Waals surface area (Å²) in [5.74, 6) is 0.890. The molecule has 3 nitrogen and oxygen atoms in total. The first kappa shape index (κ1) is 14.8. The summed E-state index contributed by atoms with van der Waals surface area (Å²) in [6.07, 6.45) is 8.90. The maximum absolute atomic E-state index is 11.2. The molecule has 20 heavy (non-hydrogen) atoms. The van der Waals surface area contributed by atoms with Gasteiger partial charge in [0.05, 0.1) is 17.3 Å². The molecule has 0 bridgehead atoms. The van der Waals surface area contributed by atoms with Gasteiger partial charge in [0.15, 0.2) is 0 Å². The van der Waals surface area contributed by atoms with Crippen LogP contribution in [0.2, 0.25) is 0 Å². The van der Waals surface area contributed by atoms with Crippen LogP contribution in [0.25, 0.3) is 0 Å². The van der Waals surface area contributed by atoms with Crippen molar-refractivity contribution in [3.8, 4) is 0 Å². The summed E-state index contributed by atoms with van der Waals surface area (Å²) in [5, 5.41) is 11.2. The van der Waals surface area contributed by atoms with Gasteiger partial charge < -0.3 is 14.6 Å². The van der Waals surface area contributed by atoms with Gasteiger partial charge in [-0.1, -0.05) is 26.7 Å². The highest BCUT2D eigenvalue weighted by Crippen LogP contribution is 2.47. The van der Waals surface area contributed by atoms with Crippen LogP contribution in [0.1, 0.15) is 65.2 Å². The van der Waals surface area contributed by atoms with Crippen molar-refractivity contribution in [2.75, 3.05) is 13.2 Å². The molecule has 116 valence electrons. The van der Waals surface area contributed by atoms with Crippen molar-refractivity contribution < 1.29 is 14.6 Å². The molecular weight excluding hydrogens is 252 g/mol. The van der Waals surface area contributed by atoms with Crippen LogP contribution in [0, 0.1) is 11.8 Å². The molecule has 0 aromatic heterocycles. The lowest BCUT2D eigenvalue weighted by molar-refractivity contribution is -0.183. The Kier molecular flexibility index (Phi) is 4.13. The topological polar surface area (TPSA) is 38.7 Å². The molecule has 3 atom stereocenters. The molecule has 3 fully saturated rings. The lowest BCUT2D eigenvalue weighted by Gasteiger charge is -2.48. The quantitative estimate of drug-likeness (QED) is 0.844. The number of hydrogen-bond donors (Lipinski definition) is 1. The van der Waals surface area contributed by atoms with E-state index >= 15 is 0 Å². The van der Waals surface area contributed by atoms with Gasteiger partial charge in [0.2, 0.25) is 0 Å². The summed E-state index contributed by atoms with van der Waals surface area (Å²) in [4.78, 5) is 0. The van der Waals surface area contributed by atoms with Crippen molar-refractivity contribution in [2.45, 2.75) is 82.5 Å². The van der Waals surface area contributed by atoms with Gasteiger partial charge in [0, 0.05) is 19.6 Å². The van der Waals surface area contributed by atoms with Crippen LogP contribution >= 0.6 is 0 Å². The molecular formula is C17H30O3. The summed E-state index contributed by atoms with van der Waals surface area (Å²) in [5.41, 5.74) is -0.420. The molecule has 2 heterocycles. The van der Waals surface area contributed by atoms with Crippen LogP contribution in [0.4, 0.5) is 0 Å². The number of rotatable bonds is 2. The van der Waals surface area contributed by atoms with Crippen molar-refractivity contribution >= 4 is 0 Å². The first-order valence-corrected chi connectivity index (χ1v) is 8.51. The second-order valence-electron chi connectivity index (χ2n) is 7.64. The lowest BCUT2D eigenvalue weighted by Crippen LogP contribution is -2.52. The predicted molar refractivity (Wildman–Crippen MR) is 78.6 cm³/mol. The normalized spacial score (nSPS) is 41.4. The van der Waals surface area contributed by atoms with Crippen molar-refractivity contribution in [1.82, 2.24) is 0 Å². The highest BCUT2D eigenvalue weighted by atomic mass is 16.5. The second-order valence-corrected chi connectivity index (χ2v) is 7.64. The first-order valence-electron chi connectivity index (χ1n) is 8.51. The van der Waals surface area contributed by atoms with Gasteiger partial charge in [0.1, 0.15) is 0 Å². The van der Waals surface area contributed by atoms with Gasteiger partial charge >= 0.3 is 0 Å². The van der Waals surface area contributed by atoms with Gasteiger partial charge in [-0.2, -0.15) is 0 Å². The molecule has 3 rings (SSSR count). The smallest absolute Gasteiger partial charge is 0.0724 e. The zero-order valence-electron chi connectivity index (χ0n) is 13.1. The van der Waals surface area contributed by atoms with Gasteiger partial charge in [-0.15, -0.1) is 0 Å². The molecule has 3 heteroatoms. The van der Waals surface area contributed by atoms with E-state index in [1.54, 1.807) is 0 Å². The summed E-state index contributed by atoms with van der Waals surface area (Å²) >= 11 is 0. The monoisotopic (exact) mass is 282 g/mol. The van der Waals surface area contributed by atoms with Crippen molar-refractivity contribution in [2.24, 2.45) is 11.8 Å². The molecule has 1 saturated carbocycles. The van der Waals surface area contributed by atoms with Gasteiger partial charge in [0.25, 0.3) is 0 Å². The minimum absolute atomic E-state index is 0.101. The van der Waals surface area contributed by atoms with E-state index in [0.717, 1.165) is 32.3 Å². The van der Waals surface area contributed by atoms with E-state index < -0.39 is 5.60 Å². The largest absolute Gasteiger partial charge is 0.389 e. The van der Waals surface area contributed by atoms with E-state index in [-0.39, 0.29) is 11.7 Å². The zero-order valence-corrected chi connectivity index (χ0v) is 13.1. The Balaban J connectivity index is 1.70. The molecule has 0 amide bonds. The van der Waals surface area contributed by atoms with E-state index in [0.29, 0.717) is 18.4 Å². The van der Waals surface area contributed by atoms with Crippen LogP contribution in [-0.4, -0.2) is 35.6 Å². The van der Waals surface area contributed by atoms with E-state index in [1.807, 2.05) is 0 Å². The average molecular weight is 282 g/mol. The van der Waals surface area contributed by atoms with Gasteiger partial charge in [-0.3, -0.25) is 0 Å². The Morgan fingerprint density at radius 1 is 1.05 bits per heavy atom. The Morgan fingerprint density at radius 3 is 2.50 bits per heavy atom. The fourth-order valence-electron chi connectivity index (χ4n) is 4.55. The van der Waals surface area contributed by atoms with Crippen molar-refractivity contribution in [3.05, 3.63) is 0 Å². The standard InChI is InChI=1S/C17H30O3/c1-13(2)15-12-17(18,8-10-19-15)14-5-9-20-16(11-14)6-3-4-7-16/h13-15,18H,3-12H2,1-2H3. The van der Waals surface area contributed by atoms with Gasteiger partial charge in [-0.25, -0.2) is 0 Å². The van der Waals surface area contributed by atoms with Crippen molar-refractivity contribution in [3.63, 3.8) is 0 Å². The highest BCUT2D eigenvalue weighted by molar-refractivity contribution is 5.00. The molecule has 3 aliphatic rings. The third kappa shape index (κ3) is 2.77. The van der Waals surface area contributed by atoms with E-state index in [1.165, 1.54) is 25.7 Å². The summed E-state index contributed by atoms with van der Waals surface area (Å²) in [6, 6.07) is 0. The minimum atomic E-state index is -0.521. The third-order valence-corrected chi connectivity index (χ3v) is 5.93. The number of aliphatic hydroxyl groups is 1. The van der Waals surface area contributed by atoms with E-state index in [2.05, 4.69) is 13.8 Å². The fourth-order valence-corrected chi connectivity index (χ4v) is 4.55. The molecule has 0 radical (unpaired) electrons. The second kappa shape index (κ2) is 5.58. The predicted octanol–water partition coefficient (Wildman–Crippen LogP) is 3.29. The Bertz CT molecular complexity index is 335. The van der Waals surface area contributed by atoms with Gasteiger partial charge in [-0.05, 0) is 43.9 Å². The van der Waals surface area contributed by atoms with E-state index in [4.69, 9.17) is 9.47 Å². The third-order valence-electron chi connectivity index (χ3n) is 5.93. The van der Waals surface area contributed by atoms with Crippen LogP contribution in [0.15, 0.2) is 0 Å². The summed E-state index contributed by atoms with van der Waals surface area (Å²) in [7, 11) is 0. The molecule has 1 aliphatic carbocycles. The summed E-state index contributed by atoms with van der Waals surface area (Å²) in [6.45, 7) is 5.93. The molecule has 1 spiro atoms. The first-order chi connectivity index (χ1) is 9.53. The van der Waals surface area contributed by atoms with Crippen LogP contribution in [-0.2, 0) is 9.47 Å². The van der Waals surface area contributed by atoms with Crippen LogP contribution < -0.4 is 0 Å². The molecule has 0 aromatic carbocycles. The number of hydrogen-bond acceptors (Lipinski definition) is 3. The maximum atomic E-state index is 11.2. The van der Waals surface area contributed by atoms with E-state index in [9.17, 15) is 5.11 Å². The van der Waals surface area contributed by atoms with Crippen LogP contribution in [0.5, 0.6) is 0 Å². The fraction of sp³-hybridized carbons (Fsp3) is 1.00.